The molecular formula is C21H21N5. The van der Waals surface area contributed by atoms with Crippen LogP contribution in [0.2, 0.25) is 0 Å². The molecule has 0 bridgehead atoms. The summed E-state index contributed by atoms with van der Waals surface area (Å²) in [7, 11) is 2.11. The first-order chi connectivity index (χ1) is 12.8. The van der Waals surface area contributed by atoms with E-state index in [2.05, 4.69) is 34.0 Å². The van der Waals surface area contributed by atoms with Crippen molar-refractivity contribution in [3.05, 3.63) is 59.7 Å². The van der Waals surface area contributed by atoms with Crippen molar-refractivity contribution in [3.8, 4) is 0 Å². The molecule has 2 aromatic carbocycles. The Bertz CT molecular complexity index is 1110. The number of hydrogen-bond acceptors (Lipinski definition) is 4. The minimum Gasteiger partial charge on any atom is -0.385 e. The summed E-state index contributed by atoms with van der Waals surface area (Å²) in [6, 6.07) is 12.4. The van der Waals surface area contributed by atoms with Crippen LogP contribution in [0.4, 0.5) is 5.69 Å². The van der Waals surface area contributed by atoms with Crippen LogP contribution in [0.1, 0.15) is 23.5 Å². The highest BCUT2D eigenvalue weighted by molar-refractivity contribution is 5.85. The SMILES string of the molecule is Cn1c(CCc2cnc3ccccc3n2)nc2c3c(ccc21)NCCC3. The Kier molecular flexibility index (Phi) is 3.59. The van der Waals surface area contributed by atoms with E-state index in [1.165, 1.54) is 23.2 Å². The molecule has 5 nitrogen and oxygen atoms in total. The average Bonchev–Trinajstić information content (AvgIpc) is 3.02. The van der Waals surface area contributed by atoms with Crippen LogP contribution in [0.3, 0.4) is 0 Å². The number of fused-ring (bicyclic) bond motifs is 4. The van der Waals surface area contributed by atoms with Gasteiger partial charge in [-0.25, -0.2) is 9.97 Å². The number of rotatable bonds is 3. The second-order valence-electron chi connectivity index (χ2n) is 6.93. The molecule has 0 amide bonds. The third-order valence-electron chi connectivity index (χ3n) is 5.27. The van der Waals surface area contributed by atoms with Crippen LogP contribution in [0.25, 0.3) is 22.1 Å². The Morgan fingerprint density at radius 3 is 2.85 bits per heavy atom. The second kappa shape index (κ2) is 6.09. The molecule has 26 heavy (non-hydrogen) atoms. The number of aromatic nitrogens is 4. The minimum atomic E-state index is 0.843. The molecule has 0 saturated carbocycles. The van der Waals surface area contributed by atoms with E-state index >= 15 is 0 Å². The molecule has 0 radical (unpaired) electrons. The van der Waals surface area contributed by atoms with Crippen molar-refractivity contribution >= 4 is 27.8 Å². The summed E-state index contributed by atoms with van der Waals surface area (Å²) in [5.41, 5.74) is 7.88. The van der Waals surface area contributed by atoms with Gasteiger partial charge in [0.1, 0.15) is 5.82 Å². The van der Waals surface area contributed by atoms with E-state index in [4.69, 9.17) is 9.97 Å². The van der Waals surface area contributed by atoms with Crippen LogP contribution >= 0.6 is 0 Å². The van der Waals surface area contributed by atoms with Crippen LogP contribution in [0.15, 0.2) is 42.6 Å². The molecule has 1 aliphatic heterocycles. The quantitative estimate of drug-likeness (QED) is 0.617. The molecule has 0 saturated heterocycles. The number of nitrogens with one attached hydrogen (secondary N) is 1. The number of anilines is 1. The van der Waals surface area contributed by atoms with Crippen LogP contribution in [0.5, 0.6) is 0 Å². The van der Waals surface area contributed by atoms with Gasteiger partial charge < -0.3 is 9.88 Å². The third-order valence-corrected chi connectivity index (χ3v) is 5.27. The highest BCUT2D eigenvalue weighted by atomic mass is 15.1. The van der Waals surface area contributed by atoms with Gasteiger partial charge in [0.15, 0.2) is 0 Å². The van der Waals surface area contributed by atoms with E-state index in [0.29, 0.717) is 0 Å². The predicted octanol–water partition coefficient (Wildman–Crippen LogP) is 3.66. The molecule has 0 spiro atoms. The number of imidazole rings is 1. The Labute approximate surface area is 152 Å². The molecule has 3 heterocycles. The zero-order chi connectivity index (χ0) is 17.5. The largest absolute Gasteiger partial charge is 0.385 e. The Morgan fingerprint density at radius 2 is 1.92 bits per heavy atom. The maximum absolute atomic E-state index is 4.98. The van der Waals surface area contributed by atoms with E-state index in [-0.39, 0.29) is 0 Å². The Morgan fingerprint density at radius 1 is 1.04 bits per heavy atom. The van der Waals surface area contributed by atoms with Crippen LogP contribution in [-0.2, 0) is 26.3 Å². The van der Waals surface area contributed by atoms with Crippen molar-refractivity contribution in [2.24, 2.45) is 7.05 Å². The minimum absolute atomic E-state index is 0.843. The maximum atomic E-state index is 4.98. The van der Waals surface area contributed by atoms with E-state index in [9.17, 15) is 0 Å². The highest BCUT2D eigenvalue weighted by Gasteiger charge is 2.17. The first-order valence-corrected chi connectivity index (χ1v) is 9.21. The van der Waals surface area contributed by atoms with Gasteiger partial charge in [-0.1, -0.05) is 12.1 Å². The third kappa shape index (κ3) is 2.51. The van der Waals surface area contributed by atoms with Gasteiger partial charge in [-0.3, -0.25) is 4.98 Å². The zero-order valence-electron chi connectivity index (χ0n) is 14.9. The molecule has 5 rings (SSSR count). The van der Waals surface area contributed by atoms with Crippen molar-refractivity contribution in [3.63, 3.8) is 0 Å². The smallest absolute Gasteiger partial charge is 0.110 e. The summed E-state index contributed by atoms with van der Waals surface area (Å²) in [4.78, 5) is 14.2. The molecule has 0 unspecified atom stereocenters. The first-order valence-electron chi connectivity index (χ1n) is 9.21. The fourth-order valence-electron chi connectivity index (χ4n) is 3.85. The van der Waals surface area contributed by atoms with Crippen LogP contribution in [0, 0.1) is 0 Å². The summed E-state index contributed by atoms with van der Waals surface area (Å²) in [5, 5.41) is 3.49. The number of para-hydroxylation sites is 2. The topological polar surface area (TPSA) is 55.6 Å². The van der Waals surface area contributed by atoms with Gasteiger partial charge in [-0.2, -0.15) is 0 Å². The van der Waals surface area contributed by atoms with E-state index in [0.717, 1.165) is 53.9 Å². The number of hydrogen-bond donors (Lipinski definition) is 1. The molecule has 0 aliphatic carbocycles. The Hall–Kier alpha value is -2.95. The fraction of sp³-hybridized carbons (Fsp3) is 0.286. The monoisotopic (exact) mass is 343 g/mol. The summed E-state index contributed by atoms with van der Waals surface area (Å²) in [6.45, 7) is 1.05. The molecule has 1 N–H and O–H groups in total. The lowest BCUT2D eigenvalue weighted by Gasteiger charge is -2.17. The van der Waals surface area contributed by atoms with Crippen LogP contribution < -0.4 is 5.32 Å². The fourth-order valence-corrected chi connectivity index (χ4v) is 3.85. The normalized spacial score (nSPS) is 13.7. The molecule has 0 atom stereocenters. The zero-order valence-corrected chi connectivity index (χ0v) is 14.9. The summed E-state index contributed by atoms with van der Waals surface area (Å²) in [5.74, 6) is 1.11. The Balaban J connectivity index is 1.46. The van der Waals surface area contributed by atoms with Gasteiger partial charge >= 0.3 is 0 Å². The molecule has 1 aliphatic rings. The van der Waals surface area contributed by atoms with Crippen molar-refractivity contribution in [1.29, 1.82) is 0 Å². The van der Waals surface area contributed by atoms with Gasteiger partial charge in [-0.05, 0) is 43.5 Å². The number of benzene rings is 2. The van der Waals surface area contributed by atoms with Crippen LogP contribution in [-0.4, -0.2) is 26.1 Å². The first kappa shape index (κ1) is 15.3. The molecule has 0 fully saturated rings. The summed E-state index contributed by atoms with van der Waals surface area (Å²) < 4.78 is 2.22. The van der Waals surface area contributed by atoms with Crippen molar-refractivity contribution < 1.29 is 0 Å². The molecule has 2 aromatic heterocycles. The van der Waals surface area contributed by atoms with Gasteiger partial charge in [0.05, 0.1) is 27.8 Å². The lowest BCUT2D eigenvalue weighted by molar-refractivity contribution is 0.775. The second-order valence-corrected chi connectivity index (χ2v) is 6.93. The van der Waals surface area contributed by atoms with Gasteiger partial charge in [0, 0.05) is 37.5 Å². The highest BCUT2D eigenvalue weighted by Crippen LogP contribution is 2.30. The standard InChI is InChI=1S/C21H21N5/c1-26-19-10-9-16-15(5-4-12-22-16)21(19)25-20(26)11-8-14-13-23-17-6-2-3-7-18(17)24-14/h2-3,6-7,9-10,13,22H,4-5,8,11-12H2,1H3. The lowest BCUT2D eigenvalue weighted by atomic mass is 10.0. The molecular weight excluding hydrogens is 322 g/mol. The van der Waals surface area contributed by atoms with E-state index in [1.807, 2.05) is 30.5 Å². The molecule has 5 heteroatoms. The molecule has 4 aromatic rings. The summed E-state index contributed by atoms with van der Waals surface area (Å²) in [6.07, 6.45) is 5.86. The van der Waals surface area contributed by atoms with Gasteiger partial charge in [0.25, 0.3) is 0 Å². The summed E-state index contributed by atoms with van der Waals surface area (Å²) >= 11 is 0. The van der Waals surface area contributed by atoms with Crippen molar-refractivity contribution in [2.45, 2.75) is 25.7 Å². The maximum Gasteiger partial charge on any atom is 0.110 e. The van der Waals surface area contributed by atoms with Crippen molar-refractivity contribution in [2.75, 3.05) is 11.9 Å². The van der Waals surface area contributed by atoms with E-state index in [1.54, 1.807) is 0 Å². The van der Waals surface area contributed by atoms with E-state index < -0.39 is 0 Å². The number of aryl methyl sites for hydroxylation is 4. The average molecular weight is 343 g/mol. The van der Waals surface area contributed by atoms with Crippen molar-refractivity contribution in [1.82, 2.24) is 19.5 Å². The van der Waals surface area contributed by atoms with Gasteiger partial charge in [-0.15, -0.1) is 0 Å². The molecule has 130 valence electrons. The predicted molar refractivity (Wildman–Crippen MR) is 104 cm³/mol. The number of nitrogens with zero attached hydrogens (tertiary/aromatic N) is 4. The van der Waals surface area contributed by atoms with Gasteiger partial charge in [0.2, 0.25) is 0 Å². The lowest BCUT2D eigenvalue weighted by Crippen LogP contribution is -2.11.